The minimum absolute atomic E-state index is 0.108. The van der Waals surface area contributed by atoms with Crippen LogP contribution in [0, 0.1) is 6.92 Å². The van der Waals surface area contributed by atoms with Crippen molar-refractivity contribution < 1.29 is 4.79 Å². The molecule has 17 heavy (non-hydrogen) atoms. The monoisotopic (exact) mass is 267 g/mol. The molecule has 0 aliphatic carbocycles. The molecule has 0 bridgehead atoms. The molecule has 0 saturated heterocycles. The van der Waals surface area contributed by atoms with Gasteiger partial charge in [0.05, 0.1) is 6.42 Å². The third-order valence-corrected chi connectivity index (χ3v) is 3.03. The Labute approximate surface area is 108 Å². The molecule has 0 unspecified atom stereocenters. The van der Waals surface area contributed by atoms with Gasteiger partial charge in [-0.25, -0.2) is 4.98 Å². The largest absolute Gasteiger partial charge is 0.300 e. The van der Waals surface area contributed by atoms with Gasteiger partial charge in [-0.1, -0.05) is 23.7 Å². The van der Waals surface area contributed by atoms with Crippen LogP contribution in [0.1, 0.15) is 11.4 Å². The minimum atomic E-state index is -0.108. The molecule has 88 valence electrons. The molecule has 0 atom stereocenters. The highest BCUT2D eigenvalue weighted by Crippen LogP contribution is 2.12. The first-order valence-corrected chi connectivity index (χ1v) is 6.13. The van der Waals surface area contributed by atoms with E-state index < -0.39 is 0 Å². The van der Waals surface area contributed by atoms with Crippen LogP contribution in [0.25, 0.3) is 0 Å². The maximum atomic E-state index is 11.7. The predicted octanol–water partition coefficient (Wildman–Crippen LogP) is 2.68. The zero-order chi connectivity index (χ0) is 12.3. The second-order valence-electron chi connectivity index (χ2n) is 3.50. The highest BCUT2D eigenvalue weighted by Gasteiger charge is 2.07. The molecule has 2 aromatic rings. The molecule has 1 aromatic carbocycles. The Balaban J connectivity index is 1.95. The van der Waals surface area contributed by atoms with Crippen LogP contribution in [0.2, 0.25) is 5.02 Å². The van der Waals surface area contributed by atoms with Crippen LogP contribution in [-0.2, 0) is 11.2 Å². The Kier molecular flexibility index (Phi) is 3.71. The van der Waals surface area contributed by atoms with E-state index in [2.05, 4.69) is 14.7 Å². The van der Waals surface area contributed by atoms with Gasteiger partial charge in [-0.15, -0.1) is 0 Å². The fourth-order valence-corrected chi connectivity index (χ4v) is 2.02. The lowest BCUT2D eigenvalue weighted by Gasteiger charge is -2.01. The van der Waals surface area contributed by atoms with Crippen LogP contribution in [0.3, 0.4) is 0 Å². The van der Waals surface area contributed by atoms with E-state index in [0.29, 0.717) is 22.4 Å². The van der Waals surface area contributed by atoms with Crippen molar-refractivity contribution in [3.8, 4) is 0 Å². The smallest absolute Gasteiger partial charge is 0.230 e. The van der Waals surface area contributed by atoms with E-state index in [0.717, 1.165) is 5.56 Å². The molecule has 4 nitrogen and oxygen atoms in total. The Bertz CT molecular complexity index is 524. The number of carbonyl (C=O) groups is 1. The summed E-state index contributed by atoms with van der Waals surface area (Å²) in [5.41, 5.74) is 0.910. The van der Waals surface area contributed by atoms with Gasteiger partial charge >= 0.3 is 0 Å². The summed E-state index contributed by atoms with van der Waals surface area (Å²) in [5, 5.41) is 3.89. The van der Waals surface area contributed by atoms with E-state index in [-0.39, 0.29) is 5.91 Å². The molecule has 1 N–H and O–H groups in total. The topological polar surface area (TPSA) is 54.9 Å². The van der Waals surface area contributed by atoms with Crippen molar-refractivity contribution in [2.45, 2.75) is 13.3 Å². The van der Waals surface area contributed by atoms with Crippen molar-refractivity contribution in [1.82, 2.24) is 9.36 Å². The Morgan fingerprint density at radius 3 is 2.71 bits per heavy atom. The molecule has 1 amide bonds. The number of aromatic nitrogens is 2. The third-order valence-electron chi connectivity index (χ3n) is 2.05. The van der Waals surface area contributed by atoms with Crippen LogP contribution in [0.15, 0.2) is 24.3 Å². The molecule has 0 aliphatic heterocycles. The summed E-state index contributed by atoms with van der Waals surface area (Å²) in [6, 6.07) is 7.18. The second-order valence-corrected chi connectivity index (χ2v) is 4.69. The molecular formula is C11H10ClN3OS. The molecule has 0 saturated carbocycles. The van der Waals surface area contributed by atoms with Gasteiger partial charge in [0, 0.05) is 16.6 Å². The number of rotatable bonds is 3. The normalized spacial score (nSPS) is 10.2. The first-order valence-electron chi connectivity index (χ1n) is 4.98. The summed E-state index contributed by atoms with van der Waals surface area (Å²) in [7, 11) is 0. The second kappa shape index (κ2) is 5.25. The summed E-state index contributed by atoms with van der Waals surface area (Å²) in [6.07, 6.45) is 0.301. The van der Waals surface area contributed by atoms with Crippen molar-refractivity contribution in [2.24, 2.45) is 0 Å². The summed E-state index contributed by atoms with van der Waals surface area (Å²) >= 11 is 6.94. The molecule has 1 heterocycles. The van der Waals surface area contributed by atoms with Gasteiger partial charge in [-0.05, 0) is 24.6 Å². The van der Waals surface area contributed by atoms with Gasteiger partial charge in [0.2, 0.25) is 11.0 Å². The molecule has 0 radical (unpaired) electrons. The van der Waals surface area contributed by atoms with Gasteiger partial charge in [0.15, 0.2) is 0 Å². The number of benzene rings is 1. The quantitative estimate of drug-likeness (QED) is 0.930. The fraction of sp³-hybridized carbons (Fsp3) is 0.182. The maximum Gasteiger partial charge on any atom is 0.230 e. The highest BCUT2D eigenvalue weighted by molar-refractivity contribution is 7.09. The average molecular weight is 268 g/mol. The molecule has 2 rings (SSSR count). The lowest BCUT2D eigenvalue weighted by molar-refractivity contribution is -0.115. The fourth-order valence-electron chi connectivity index (χ4n) is 1.30. The number of amides is 1. The number of carbonyl (C=O) groups excluding carboxylic acids is 1. The predicted molar refractivity (Wildman–Crippen MR) is 68.4 cm³/mol. The average Bonchev–Trinajstić information content (AvgIpc) is 2.67. The Morgan fingerprint density at radius 2 is 2.12 bits per heavy atom. The first-order chi connectivity index (χ1) is 8.13. The van der Waals surface area contributed by atoms with Gasteiger partial charge in [0.25, 0.3) is 0 Å². The number of hydrogen-bond acceptors (Lipinski definition) is 4. The van der Waals surface area contributed by atoms with Gasteiger partial charge in [-0.2, -0.15) is 4.37 Å². The van der Waals surface area contributed by atoms with E-state index in [1.54, 1.807) is 19.1 Å². The van der Waals surface area contributed by atoms with Crippen molar-refractivity contribution >= 4 is 34.2 Å². The first kappa shape index (κ1) is 12.0. The number of anilines is 1. The van der Waals surface area contributed by atoms with Crippen LogP contribution in [0.5, 0.6) is 0 Å². The van der Waals surface area contributed by atoms with E-state index in [1.807, 2.05) is 12.1 Å². The highest BCUT2D eigenvalue weighted by atomic mass is 35.5. The summed E-state index contributed by atoms with van der Waals surface area (Å²) in [6.45, 7) is 1.78. The molecule has 0 spiro atoms. The SMILES string of the molecule is Cc1nsc(NC(=O)Cc2ccc(Cl)cc2)n1. The Hall–Kier alpha value is -1.46. The number of nitrogens with one attached hydrogen (secondary N) is 1. The minimum Gasteiger partial charge on any atom is -0.300 e. The number of aryl methyl sites for hydroxylation is 1. The number of nitrogens with zero attached hydrogens (tertiary/aromatic N) is 2. The lowest BCUT2D eigenvalue weighted by Crippen LogP contribution is -2.14. The zero-order valence-corrected chi connectivity index (χ0v) is 10.7. The van der Waals surface area contributed by atoms with Crippen LogP contribution < -0.4 is 5.32 Å². The number of halogens is 1. The van der Waals surface area contributed by atoms with Crippen molar-refractivity contribution in [3.05, 3.63) is 40.7 Å². The van der Waals surface area contributed by atoms with Crippen molar-refractivity contribution in [2.75, 3.05) is 5.32 Å². The van der Waals surface area contributed by atoms with E-state index in [9.17, 15) is 4.79 Å². The standard InChI is InChI=1S/C11H10ClN3OS/c1-7-13-11(17-15-7)14-10(16)6-8-2-4-9(12)5-3-8/h2-5H,6H2,1H3,(H,13,14,15,16). The van der Waals surface area contributed by atoms with Crippen molar-refractivity contribution in [3.63, 3.8) is 0 Å². The van der Waals surface area contributed by atoms with Gasteiger partial charge in [0.1, 0.15) is 5.82 Å². The maximum absolute atomic E-state index is 11.7. The Morgan fingerprint density at radius 1 is 1.41 bits per heavy atom. The van der Waals surface area contributed by atoms with Gasteiger partial charge < -0.3 is 5.32 Å². The third kappa shape index (κ3) is 3.51. The zero-order valence-electron chi connectivity index (χ0n) is 9.11. The summed E-state index contributed by atoms with van der Waals surface area (Å²) < 4.78 is 3.99. The van der Waals surface area contributed by atoms with Crippen LogP contribution >= 0.6 is 23.1 Å². The van der Waals surface area contributed by atoms with E-state index >= 15 is 0 Å². The van der Waals surface area contributed by atoms with Crippen LogP contribution in [0.4, 0.5) is 5.13 Å². The summed E-state index contributed by atoms with van der Waals surface area (Å²) in [5.74, 6) is 0.556. The summed E-state index contributed by atoms with van der Waals surface area (Å²) in [4.78, 5) is 15.7. The molecule has 0 aliphatic rings. The van der Waals surface area contributed by atoms with Gasteiger partial charge in [-0.3, -0.25) is 4.79 Å². The van der Waals surface area contributed by atoms with Crippen LogP contribution in [-0.4, -0.2) is 15.3 Å². The molecule has 1 aromatic heterocycles. The molecule has 6 heteroatoms. The van der Waals surface area contributed by atoms with Crippen molar-refractivity contribution in [1.29, 1.82) is 0 Å². The molecule has 0 fully saturated rings. The lowest BCUT2D eigenvalue weighted by atomic mass is 10.1. The molecular weight excluding hydrogens is 258 g/mol. The van der Waals surface area contributed by atoms with E-state index in [1.165, 1.54) is 11.5 Å². The van der Waals surface area contributed by atoms with E-state index in [4.69, 9.17) is 11.6 Å². The number of hydrogen-bond donors (Lipinski definition) is 1.